The van der Waals surface area contributed by atoms with Crippen LogP contribution < -0.4 is 0 Å². The summed E-state index contributed by atoms with van der Waals surface area (Å²) in [4.78, 5) is 0. The average Bonchev–Trinajstić information content (AvgIpc) is 2.76. The number of unbranched alkanes of at least 4 members (excludes halogenated alkanes) is 14. The standard InChI is InChI=1S/C29H46/c1-3-4-5-6-7-8-9-10-11-12-13-14-15-16-17-21-26(2)28-25-20-23-27-22-18-19-24-29(27)28/h18-20,22-26H,3-17,21H2,1-2H3. The Kier molecular flexibility index (Phi) is 12.8. The van der Waals surface area contributed by atoms with Gasteiger partial charge in [0.1, 0.15) is 0 Å². The number of hydrogen-bond donors (Lipinski definition) is 0. The van der Waals surface area contributed by atoms with Crippen molar-refractivity contribution in [3.05, 3.63) is 48.0 Å². The van der Waals surface area contributed by atoms with Gasteiger partial charge in [-0.15, -0.1) is 0 Å². The fourth-order valence-corrected chi connectivity index (χ4v) is 4.66. The molecular weight excluding hydrogens is 348 g/mol. The van der Waals surface area contributed by atoms with Gasteiger partial charge in [0.2, 0.25) is 0 Å². The molecular formula is C29H46. The first-order valence-corrected chi connectivity index (χ1v) is 12.8. The zero-order chi connectivity index (χ0) is 20.6. The van der Waals surface area contributed by atoms with E-state index in [2.05, 4.69) is 56.3 Å². The predicted octanol–water partition coefficient (Wildman–Crippen LogP) is 10.2. The summed E-state index contributed by atoms with van der Waals surface area (Å²) in [7, 11) is 0. The maximum atomic E-state index is 2.41. The minimum atomic E-state index is 0.670. The first kappa shape index (κ1) is 24.0. The van der Waals surface area contributed by atoms with Crippen LogP contribution in [-0.4, -0.2) is 0 Å². The van der Waals surface area contributed by atoms with Crippen molar-refractivity contribution >= 4 is 10.8 Å². The molecule has 0 radical (unpaired) electrons. The van der Waals surface area contributed by atoms with Gasteiger partial charge in [-0.05, 0) is 28.7 Å². The molecule has 29 heavy (non-hydrogen) atoms. The summed E-state index contributed by atoms with van der Waals surface area (Å²) in [5, 5.41) is 2.83. The number of rotatable bonds is 17. The molecule has 0 saturated carbocycles. The molecule has 0 saturated heterocycles. The molecule has 1 atom stereocenters. The fraction of sp³-hybridized carbons (Fsp3) is 0.655. The molecule has 162 valence electrons. The highest BCUT2D eigenvalue weighted by Crippen LogP contribution is 2.29. The second-order valence-corrected chi connectivity index (χ2v) is 9.21. The van der Waals surface area contributed by atoms with Crippen LogP contribution in [-0.2, 0) is 0 Å². The molecule has 0 aromatic heterocycles. The van der Waals surface area contributed by atoms with Gasteiger partial charge >= 0.3 is 0 Å². The Balaban J connectivity index is 1.43. The van der Waals surface area contributed by atoms with E-state index in [4.69, 9.17) is 0 Å². The lowest BCUT2D eigenvalue weighted by atomic mass is 9.90. The van der Waals surface area contributed by atoms with Crippen molar-refractivity contribution in [1.29, 1.82) is 0 Å². The Bertz CT molecular complexity index is 636. The number of hydrogen-bond acceptors (Lipinski definition) is 0. The maximum absolute atomic E-state index is 2.41. The van der Waals surface area contributed by atoms with Crippen LogP contribution in [0.1, 0.15) is 128 Å². The fourth-order valence-electron chi connectivity index (χ4n) is 4.66. The largest absolute Gasteiger partial charge is 0.0654 e. The van der Waals surface area contributed by atoms with Crippen molar-refractivity contribution in [1.82, 2.24) is 0 Å². The van der Waals surface area contributed by atoms with E-state index in [1.54, 1.807) is 0 Å². The lowest BCUT2D eigenvalue weighted by Gasteiger charge is -2.14. The van der Waals surface area contributed by atoms with Gasteiger partial charge in [-0.25, -0.2) is 0 Å². The molecule has 0 N–H and O–H groups in total. The molecule has 0 aliphatic heterocycles. The van der Waals surface area contributed by atoms with Gasteiger partial charge in [0, 0.05) is 0 Å². The molecule has 2 rings (SSSR count). The Morgan fingerprint density at radius 3 is 1.62 bits per heavy atom. The molecule has 0 fully saturated rings. The van der Waals surface area contributed by atoms with Crippen molar-refractivity contribution in [3.8, 4) is 0 Å². The first-order valence-electron chi connectivity index (χ1n) is 12.8. The molecule has 2 aromatic rings. The Morgan fingerprint density at radius 1 is 0.552 bits per heavy atom. The van der Waals surface area contributed by atoms with Gasteiger partial charge in [-0.3, -0.25) is 0 Å². The number of benzene rings is 2. The Hall–Kier alpha value is -1.30. The highest BCUT2D eigenvalue weighted by molar-refractivity contribution is 5.86. The van der Waals surface area contributed by atoms with Gasteiger partial charge in [0.25, 0.3) is 0 Å². The van der Waals surface area contributed by atoms with Gasteiger partial charge < -0.3 is 0 Å². The smallest absolute Gasteiger partial charge is 0.0149 e. The lowest BCUT2D eigenvalue weighted by Crippen LogP contribution is -1.95. The van der Waals surface area contributed by atoms with Crippen LogP contribution in [0, 0.1) is 0 Å². The molecule has 0 amide bonds. The minimum absolute atomic E-state index is 0.670. The Labute approximate surface area is 181 Å². The summed E-state index contributed by atoms with van der Waals surface area (Å²) in [5.74, 6) is 0.670. The highest BCUT2D eigenvalue weighted by Gasteiger charge is 2.08. The van der Waals surface area contributed by atoms with E-state index in [0.717, 1.165) is 0 Å². The normalized spacial score (nSPS) is 12.5. The molecule has 0 heteroatoms. The van der Waals surface area contributed by atoms with Crippen LogP contribution in [0.15, 0.2) is 42.5 Å². The number of fused-ring (bicyclic) bond motifs is 1. The van der Waals surface area contributed by atoms with E-state index >= 15 is 0 Å². The van der Waals surface area contributed by atoms with Crippen LogP contribution in [0.5, 0.6) is 0 Å². The monoisotopic (exact) mass is 394 g/mol. The SMILES string of the molecule is CCCCCCCCCCCCCCCCCC(C)c1cccc2ccccc12. The Morgan fingerprint density at radius 2 is 1.03 bits per heavy atom. The van der Waals surface area contributed by atoms with E-state index in [1.165, 1.54) is 119 Å². The van der Waals surface area contributed by atoms with E-state index in [0.29, 0.717) is 5.92 Å². The molecule has 0 spiro atoms. The highest BCUT2D eigenvalue weighted by atomic mass is 14.1. The maximum Gasteiger partial charge on any atom is -0.0149 e. The van der Waals surface area contributed by atoms with Crippen LogP contribution in [0.3, 0.4) is 0 Å². The molecule has 0 aliphatic rings. The predicted molar refractivity (Wildman–Crippen MR) is 132 cm³/mol. The molecule has 0 heterocycles. The van der Waals surface area contributed by atoms with E-state index in [-0.39, 0.29) is 0 Å². The van der Waals surface area contributed by atoms with Crippen LogP contribution >= 0.6 is 0 Å². The van der Waals surface area contributed by atoms with Gasteiger partial charge in [0.15, 0.2) is 0 Å². The third kappa shape index (κ3) is 9.83. The third-order valence-corrected chi connectivity index (χ3v) is 6.59. The van der Waals surface area contributed by atoms with Crippen LogP contribution in [0.25, 0.3) is 10.8 Å². The molecule has 0 nitrogen and oxygen atoms in total. The quantitative estimate of drug-likeness (QED) is 0.234. The summed E-state index contributed by atoms with van der Waals surface area (Å²) in [6.45, 7) is 4.71. The summed E-state index contributed by atoms with van der Waals surface area (Å²) >= 11 is 0. The van der Waals surface area contributed by atoms with Crippen molar-refractivity contribution in [3.63, 3.8) is 0 Å². The van der Waals surface area contributed by atoms with Crippen molar-refractivity contribution in [2.75, 3.05) is 0 Å². The molecule has 2 aromatic carbocycles. The molecule has 1 unspecified atom stereocenters. The van der Waals surface area contributed by atoms with Gasteiger partial charge in [-0.1, -0.05) is 153 Å². The summed E-state index contributed by atoms with van der Waals surface area (Å²) in [5.41, 5.74) is 1.54. The van der Waals surface area contributed by atoms with Crippen molar-refractivity contribution < 1.29 is 0 Å². The minimum Gasteiger partial charge on any atom is -0.0654 e. The van der Waals surface area contributed by atoms with E-state index in [9.17, 15) is 0 Å². The first-order chi connectivity index (χ1) is 14.3. The van der Waals surface area contributed by atoms with Crippen LogP contribution in [0.4, 0.5) is 0 Å². The van der Waals surface area contributed by atoms with Gasteiger partial charge in [0.05, 0.1) is 0 Å². The zero-order valence-electron chi connectivity index (χ0n) is 19.4. The average molecular weight is 395 g/mol. The van der Waals surface area contributed by atoms with E-state index in [1.807, 2.05) is 0 Å². The second-order valence-electron chi connectivity index (χ2n) is 9.21. The summed E-state index contributed by atoms with van der Waals surface area (Å²) < 4.78 is 0. The topological polar surface area (TPSA) is 0 Å². The van der Waals surface area contributed by atoms with Crippen molar-refractivity contribution in [2.24, 2.45) is 0 Å². The summed E-state index contributed by atoms with van der Waals surface area (Å²) in [6.07, 6.45) is 23.0. The van der Waals surface area contributed by atoms with Gasteiger partial charge in [-0.2, -0.15) is 0 Å². The molecule has 0 bridgehead atoms. The molecule has 0 aliphatic carbocycles. The van der Waals surface area contributed by atoms with Crippen molar-refractivity contribution in [2.45, 2.75) is 122 Å². The zero-order valence-corrected chi connectivity index (χ0v) is 19.4. The lowest BCUT2D eigenvalue weighted by molar-refractivity contribution is 0.523. The summed E-state index contributed by atoms with van der Waals surface area (Å²) in [6, 6.07) is 15.6. The van der Waals surface area contributed by atoms with E-state index < -0.39 is 0 Å². The van der Waals surface area contributed by atoms with Crippen LogP contribution in [0.2, 0.25) is 0 Å². The second kappa shape index (κ2) is 15.5. The third-order valence-electron chi connectivity index (χ3n) is 6.59.